The van der Waals surface area contributed by atoms with Gasteiger partial charge in [0, 0.05) is 25.2 Å². The minimum Gasteiger partial charge on any atom is -0.343 e. The summed E-state index contributed by atoms with van der Waals surface area (Å²) in [5.74, 6) is 1.59. The van der Waals surface area contributed by atoms with E-state index in [0.717, 1.165) is 50.3 Å². The van der Waals surface area contributed by atoms with Crippen LogP contribution in [0.3, 0.4) is 0 Å². The standard InChI is InChI=1S/C19H26N4O2/c1-12-16(13(2)22-19(25)17(12)9-20)3-4-18(24)23-7-5-14-10-21-11-15(14)6-8-23/h14-15,21H,3-8,10-11H2,1-2H3,(H,22,25)/t14-,15+. The van der Waals surface area contributed by atoms with E-state index in [1.54, 1.807) is 6.92 Å². The number of fused-ring (bicyclic) bond motifs is 1. The van der Waals surface area contributed by atoms with E-state index in [9.17, 15) is 9.59 Å². The second-order valence-electron chi connectivity index (χ2n) is 7.31. The van der Waals surface area contributed by atoms with Crippen LogP contribution >= 0.6 is 0 Å². The van der Waals surface area contributed by atoms with Crippen molar-refractivity contribution in [3.8, 4) is 6.07 Å². The molecule has 1 aromatic rings. The second-order valence-corrected chi connectivity index (χ2v) is 7.31. The molecule has 0 bridgehead atoms. The molecule has 2 fully saturated rings. The van der Waals surface area contributed by atoms with E-state index in [1.165, 1.54) is 0 Å². The number of nitrogens with zero attached hydrogens (tertiary/aromatic N) is 2. The van der Waals surface area contributed by atoms with E-state index in [1.807, 2.05) is 17.9 Å². The van der Waals surface area contributed by atoms with Crippen LogP contribution in [0.4, 0.5) is 0 Å². The van der Waals surface area contributed by atoms with Crippen molar-refractivity contribution in [3.05, 3.63) is 32.7 Å². The Balaban J connectivity index is 1.65. The minimum absolute atomic E-state index is 0.156. The Morgan fingerprint density at radius 3 is 2.48 bits per heavy atom. The van der Waals surface area contributed by atoms with E-state index < -0.39 is 0 Å². The second kappa shape index (κ2) is 7.40. The van der Waals surface area contributed by atoms with Crippen LogP contribution in [0.2, 0.25) is 0 Å². The average Bonchev–Trinajstić information content (AvgIpc) is 2.93. The molecule has 0 radical (unpaired) electrons. The van der Waals surface area contributed by atoms with Gasteiger partial charge < -0.3 is 15.2 Å². The molecule has 2 saturated heterocycles. The molecule has 3 rings (SSSR count). The lowest BCUT2D eigenvalue weighted by Crippen LogP contribution is -2.33. The van der Waals surface area contributed by atoms with Gasteiger partial charge in [0.05, 0.1) is 0 Å². The topological polar surface area (TPSA) is 89.0 Å². The fraction of sp³-hybridized carbons (Fsp3) is 0.632. The van der Waals surface area contributed by atoms with Gasteiger partial charge in [-0.2, -0.15) is 5.26 Å². The van der Waals surface area contributed by atoms with E-state index in [-0.39, 0.29) is 17.0 Å². The summed E-state index contributed by atoms with van der Waals surface area (Å²) in [6, 6.07) is 1.97. The van der Waals surface area contributed by atoms with E-state index in [4.69, 9.17) is 5.26 Å². The van der Waals surface area contributed by atoms with Crippen molar-refractivity contribution in [1.82, 2.24) is 15.2 Å². The Bertz CT molecular complexity index is 748. The summed E-state index contributed by atoms with van der Waals surface area (Å²) < 4.78 is 0. The number of H-pyrrole nitrogens is 1. The number of carbonyl (C=O) groups excluding carboxylic acids is 1. The smallest absolute Gasteiger partial charge is 0.266 e. The van der Waals surface area contributed by atoms with Crippen LogP contribution in [0, 0.1) is 37.0 Å². The summed E-state index contributed by atoms with van der Waals surface area (Å²) in [5.41, 5.74) is 2.18. The van der Waals surface area contributed by atoms with Gasteiger partial charge in [-0.25, -0.2) is 0 Å². The molecule has 2 aliphatic heterocycles. The van der Waals surface area contributed by atoms with Crippen molar-refractivity contribution in [2.45, 2.75) is 39.5 Å². The molecule has 25 heavy (non-hydrogen) atoms. The monoisotopic (exact) mass is 342 g/mol. The van der Waals surface area contributed by atoms with Gasteiger partial charge in [-0.1, -0.05) is 0 Å². The summed E-state index contributed by atoms with van der Waals surface area (Å²) in [6.07, 6.45) is 3.15. The average molecular weight is 342 g/mol. The molecule has 0 spiro atoms. The minimum atomic E-state index is -0.347. The number of likely N-dealkylation sites (tertiary alicyclic amines) is 1. The Morgan fingerprint density at radius 1 is 1.24 bits per heavy atom. The number of pyridine rings is 1. The van der Waals surface area contributed by atoms with E-state index in [2.05, 4.69) is 10.3 Å². The maximum atomic E-state index is 12.7. The molecular formula is C19H26N4O2. The zero-order chi connectivity index (χ0) is 18.0. The van der Waals surface area contributed by atoms with Crippen molar-refractivity contribution < 1.29 is 4.79 Å². The molecule has 1 aromatic heterocycles. The Labute approximate surface area is 148 Å². The van der Waals surface area contributed by atoms with Crippen molar-refractivity contribution in [1.29, 1.82) is 5.26 Å². The summed E-state index contributed by atoms with van der Waals surface area (Å²) >= 11 is 0. The maximum Gasteiger partial charge on any atom is 0.266 e. The third kappa shape index (κ3) is 3.62. The summed E-state index contributed by atoms with van der Waals surface area (Å²) in [5, 5.41) is 12.6. The van der Waals surface area contributed by atoms with Gasteiger partial charge in [0.15, 0.2) is 0 Å². The zero-order valence-corrected chi connectivity index (χ0v) is 15.0. The molecule has 2 N–H and O–H groups in total. The highest BCUT2D eigenvalue weighted by molar-refractivity contribution is 5.76. The maximum absolute atomic E-state index is 12.7. The summed E-state index contributed by atoms with van der Waals surface area (Å²) in [7, 11) is 0. The van der Waals surface area contributed by atoms with E-state index in [0.29, 0.717) is 30.2 Å². The molecule has 0 unspecified atom stereocenters. The Hall–Kier alpha value is -2.13. The molecule has 2 atom stereocenters. The molecule has 6 nitrogen and oxygen atoms in total. The molecule has 0 aromatic carbocycles. The van der Waals surface area contributed by atoms with Gasteiger partial charge in [0.1, 0.15) is 11.6 Å². The van der Waals surface area contributed by atoms with Crippen LogP contribution in [0.25, 0.3) is 0 Å². The normalized spacial score (nSPS) is 23.0. The quantitative estimate of drug-likeness (QED) is 0.865. The van der Waals surface area contributed by atoms with Gasteiger partial charge in [0.25, 0.3) is 5.56 Å². The van der Waals surface area contributed by atoms with Crippen LogP contribution in [-0.4, -0.2) is 42.0 Å². The van der Waals surface area contributed by atoms with Gasteiger partial charge in [-0.3, -0.25) is 9.59 Å². The first-order valence-corrected chi connectivity index (χ1v) is 9.12. The van der Waals surface area contributed by atoms with E-state index >= 15 is 0 Å². The predicted molar refractivity (Wildman–Crippen MR) is 95.2 cm³/mol. The first-order valence-electron chi connectivity index (χ1n) is 9.12. The number of aryl methyl sites for hydroxylation is 1. The van der Waals surface area contributed by atoms with Crippen molar-refractivity contribution in [2.24, 2.45) is 11.8 Å². The number of carbonyl (C=O) groups is 1. The number of aromatic amines is 1. The van der Waals surface area contributed by atoms with Crippen molar-refractivity contribution >= 4 is 5.91 Å². The summed E-state index contributed by atoms with van der Waals surface area (Å²) in [4.78, 5) is 29.2. The number of aromatic nitrogens is 1. The highest BCUT2D eigenvalue weighted by Gasteiger charge is 2.31. The van der Waals surface area contributed by atoms with Gasteiger partial charge >= 0.3 is 0 Å². The van der Waals surface area contributed by atoms with Gasteiger partial charge in [-0.05, 0) is 69.2 Å². The van der Waals surface area contributed by atoms with Gasteiger partial charge in [0.2, 0.25) is 5.91 Å². The van der Waals surface area contributed by atoms with Crippen LogP contribution in [0.5, 0.6) is 0 Å². The lowest BCUT2D eigenvalue weighted by molar-refractivity contribution is -0.131. The SMILES string of the molecule is Cc1[nH]c(=O)c(C#N)c(C)c1CCC(=O)N1CC[C@@H]2CNC[C@@H]2CC1. The van der Waals surface area contributed by atoms with Crippen molar-refractivity contribution in [2.75, 3.05) is 26.2 Å². The zero-order valence-electron chi connectivity index (χ0n) is 15.0. The van der Waals surface area contributed by atoms with Crippen LogP contribution in [0.1, 0.15) is 41.6 Å². The lowest BCUT2D eigenvalue weighted by atomic mass is 9.92. The number of rotatable bonds is 3. The molecule has 3 heterocycles. The summed E-state index contributed by atoms with van der Waals surface area (Å²) in [6.45, 7) is 7.47. The predicted octanol–water partition coefficient (Wildman–Crippen LogP) is 1.25. The first kappa shape index (κ1) is 17.7. The molecule has 134 valence electrons. The largest absolute Gasteiger partial charge is 0.343 e. The molecule has 0 aliphatic carbocycles. The molecular weight excluding hydrogens is 316 g/mol. The van der Waals surface area contributed by atoms with Gasteiger partial charge in [-0.15, -0.1) is 0 Å². The lowest BCUT2D eigenvalue weighted by Gasteiger charge is -2.21. The highest BCUT2D eigenvalue weighted by atomic mass is 16.2. The third-order valence-corrected chi connectivity index (χ3v) is 5.88. The van der Waals surface area contributed by atoms with Crippen LogP contribution in [0.15, 0.2) is 4.79 Å². The third-order valence-electron chi connectivity index (χ3n) is 5.88. The number of hydrogen-bond donors (Lipinski definition) is 2. The first-order chi connectivity index (χ1) is 12.0. The number of nitrogens with one attached hydrogen (secondary N) is 2. The molecule has 2 aliphatic rings. The number of hydrogen-bond acceptors (Lipinski definition) is 4. The number of amides is 1. The highest BCUT2D eigenvalue weighted by Crippen LogP contribution is 2.27. The molecule has 6 heteroatoms. The number of nitriles is 1. The van der Waals surface area contributed by atoms with Crippen LogP contribution in [-0.2, 0) is 11.2 Å². The Morgan fingerprint density at radius 2 is 1.88 bits per heavy atom. The molecule has 0 saturated carbocycles. The fourth-order valence-electron chi connectivity index (χ4n) is 4.28. The fourth-order valence-corrected chi connectivity index (χ4v) is 4.28. The van der Waals surface area contributed by atoms with Crippen molar-refractivity contribution in [3.63, 3.8) is 0 Å². The van der Waals surface area contributed by atoms with Crippen LogP contribution < -0.4 is 10.9 Å². The Kier molecular flexibility index (Phi) is 5.24. The molecule has 1 amide bonds.